The van der Waals surface area contributed by atoms with E-state index in [0.29, 0.717) is 5.92 Å². The van der Waals surface area contributed by atoms with Gasteiger partial charge in [0.2, 0.25) is 0 Å². The molecule has 0 aromatic carbocycles. The number of piperidine rings is 1. The zero-order valence-electron chi connectivity index (χ0n) is 16.7. The fourth-order valence-corrected chi connectivity index (χ4v) is 3.96. The van der Waals surface area contributed by atoms with E-state index in [1.807, 2.05) is 33.0 Å². The first-order valence-electron chi connectivity index (χ1n) is 9.83. The van der Waals surface area contributed by atoms with Crippen molar-refractivity contribution in [3.05, 3.63) is 53.3 Å². The molecule has 7 heteroatoms. The molecule has 0 bridgehead atoms. The second-order valence-corrected chi connectivity index (χ2v) is 7.61. The molecular weight excluding hydrogens is 352 g/mol. The Kier molecular flexibility index (Phi) is 5.43. The lowest BCUT2D eigenvalue weighted by molar-refractivity contribution is 0.174. The first kappa shape index (κ1) is 18.7. The second-order valence-electron chi connectivity index (χ2n) is 7.61. The number of aromatic nitrogens is 5. The Morgan fingerprint density at radius 2 is 1.89 bits per heavy atom. The number of aryl methyl sites for hydroxylation is 3. The number of hydrogen-bond donors (Lipinski definition) is 0. The number of likely N-dealkylation sites (tertiary alicyclic amines) is 1. The minimum Gasteiger partial charge on any atom is -0.361 e. The summed E-state index contributed by atoms with van der Waals surface area (Å²) in [7, 11) is 0. The van der Waals surface area contributed by atoms with Crippen molar-refractivity contribution in [2.45, 2.75) is 46.6 Å². The van der Waals surface area contributed by atoms with Crippen LogP contribution in [0.2, 0.25) is 0 Å². The van der Waals surface area contributed by atoms with E-state index >= 15 is 0 Å². The van der Waals surface area contributed by atoms with Crippen LogP contribution in [0.4, 0.5) is 0 Å². The monoisotopic (exact) mass is 378 g/mol. The topological polar surface area (TPSA) is 80.8 Å². The van der Waals surface area contributed by atoms with Gasteiger partial charge in [-0.1, -0.05) is 5.16 Å². The fraction of sp³-hybridized carbons (Fsp3) is 0.476. The molecule has 7 nitrogen and oxygen atoms in total. The quantitative estimate of drug-likeness (QED) is 0.674. The average Bonchev–Trinajstić information content (AvgIpc) is 3.02. The van der Waals surface area contributed by atoms with Gasteiger partial charge in [0.15, 0.2) is 0 Å². The first-order valence-corrected chi connectivity index (χ1v) is 9.83. The summed E-state index contributed by atoms with van der Waals surface area (Å²) in [4.78, 5) is 20.1. The van der Waals surface area contributed by atoms with E-state index in [-0.39, 0.29) is 0 Å². The fourth-order valence-electron chi connectivity index (χ4n) is 3.96. The van der Waals surface area contributed by atoms with Crippen LogP contribution >= 0.6 is 0 Å². The molecule has 4 heterocycles. The Bertz CT molecular complexity index is 926. The van der Waals surface area contributed by atoms with E-state index in [9.17, 15) is 0 Å². The van der Waals surface area contributed by atoms with Crippen LogP contribution in [0, 0.1) is 26.7 Å². The van der Waals surface area contributed by atoms with Crippen molar-refractivity contribution in [1.82, 2.24) is 30.0 Å². The van der Waals surface area contributed by atoms with Gasteiger partial charge in [-0.2, -0.15) is 0 Å². The molecule has 1 aliphatic heterocycles. The molecule has 28 heavy (non-hydrogen) atoms. The summed E-state index contributed by atoms with van der Waals surface area (Å²) in [5, 5.41) is 4.04. The predicted molar refractivity (Wildman–Crippen MR) is 105 cm³/mol. The lowest BCUT2D eigenvalue weighted by atomic mass is 9.91. The van der Waals surface area contributed by atoms with Crippen LogP contribution in [0.3, 0.4) is 0 Å². The van der Waals surface area contributed by atoms with Gasteiger partial charge in [-0.05, 0) is 71.2 Å². The molecule has 3 aromatic rings. The first-order chi connectivity index (χ1) is 13.6. The van der Waals surface area contributed by atoms with Gasteiger partial charge in [0.25, 0.3) is 0 Å². The van der Waals surface area contributed by atoms with Gasteiger partial charge in [0, 0.05) is 18.4 Å². The second kappa shape index (κ2) is 8.14. The van der Waals surface area contributed by atoms with Crippen LogP contribution in [-0.4, -0.2) is 43.1 Å². The Hall–Kier alpha value is -2.67. The molecule has 146 valence electrons. The Labute approximate surface area is 165 Å². The van der Waals surface area contributed by atoms with Crippen molar-refractivity contribution < 1.29 is 4.52 Å². The molecule has 0 aliphatic carbocycles. The zero-order valence-corrected chi connectivity index (χ0v) is 16.7. The van der Waals surface area contributed by atoms with Crippen molar-refractivity contribution in [1.29, 1.82) is 0 Å². The summed E-state index contributed by atoms with van der Waals surface area (Å²) in [5.74, 6) is 2.29. The Morgan fingerprint density at radius 1 is 1.07 bits per heavy atom. The lowest BCUT2D eigenvalue weighted by Gasteiger charge is -2.31. The maximum Gasteiger partial charge on any atom is 0.143 e. The van der Waals surface area contributed by atoms with Gasteiger partial charge in [-0.25, -0.2) is 19.9 Å². The third-order valence-electron chi connectivity index (χ3n) is 5.44. The van der Waals surface area contributed by atoms with Crippen LogP contribution < -0.4 is 0 Å². The van der Waals surface area contributed by atoms with Crippen LogP contribution in [0.15, 0.2) is 29.2 Å². The molecule has 4 rings (SSSR count). The molecule has 0 spiro atoms. The van der Waals surface area contributed by atoms with Crippen LogP contribution in [0.1, 0.15) is 41.5 Å². The smallest absolute Gasteiger partial charge is 0.143 e. The van der Waals surface area contributed by atoms with E-state index in [2.05, 4.69) is 36.1 Å². The molecule has 1 fully saturated rings. The predicted octanol–water partition coefficient (Wildman–Crippen LogP) is 3.30. The highest BCUT2D eigenvalue weighted by atomic mass is 16.5. The minimum absolute atomic E-state index is 0.649. The van der Waals surface area contributed by atoms with Crippen LogP contribution in [0.5, 0.6) is 0 Å². The third kappa shape index (κ3) is 4.25. The number of hydrogen-bond acceptors (Lipinski definition) is 7. The largest absolute Gasteiger partial charge is 0.361 e. The average molecular weight is 378 g/mol. The standard InChI is InChI=1S/C21H26N6O/c1-14-21(15(2)28-26-14)20-11-19(23-13-24-20)10-17-5-8-27(9-6-17)12-18-4-7-22-16(3)25-18/h4,7,11,13,17H,5-6,8-10,12H2,1-3H3. The Balaban J connectivity index is 1.36. The number of nitrogens with zero attached hydrogens (tertiary/aromatic N) is 6. The molecule has 0 unspecified atom stereocenters. The summed E-state index contributed by atoms with van der Waals surface area (Å²) in [6, 6.07) is 4.10. The van der Waals surface area contributed by atoms with Gasteiger partial charge >= 0.3 is 0 Å². The minimum atomic E-state index is 0.649. The van der Waals surface area contributed by atoms with E-state index in [1.165, 1.54) is 12.8 Å². The summed E-state index contributed by atoms with van der Waals surface area (Å²) in [6.45, 7) is 8.90. The summed E-state index contributed by atoms with van der Waals surface area (Å²) < 4.78 is 5.28. The van der Waals surface area contributed by atoms with Gasteiger partial charge in [0.05, 0.1) is 22.6 Å². The maximum atomic E-state index is 5.28. The number of rotatable bonds is 5. The Morgan fingerprint density at radius 3 is 2.61 bits per heavy atom. The highest BCUT2D eigenvalue weighted by Crippen LogP contribution is 2.27. The summed E-state index contributed by atoms with van der Waals surface area (Å²) >= 11 is 0. The molecule has 0 radical (unpaired) electrons. The van der Waals surface area contributed by atoms with E-state index in [1.54, 1.807) is 6.33 Å². The van der Waals surface area contributed by atoms with Crippen LogP contribution in [-0.2, 0) is 13.0 Å². The molecule has 0 saturated carbocycles. The molecule has 3 aromatic heterocycles. The van der Waals surface area contributed by atoms with Gasteiger partial charge in [-0.3, -0.25) is 4.90 Å². The third-order valence-corrected chi connectivity index (χ3v) is 5.44. The molecule has 0 atom stereocenters. The SMILES string of the molecule is Cc1nccc(CN2CCC(Cc3cc(-c4c(C)noc4C)ncn3)CC2)n1. The zero-order chi connectivity index (χ0) is 19.5. The van der Waals surface area contributed by atoms with Crippen molar-refractivity contribution in [2.24, 2.45) is 5.92 Å². The molecule has 1 aliphatic rings. The van der Waals surface area contributed by atoms with Crippen LogP contribution in [0.25, 0.3) is 11.3 Å². The van der Waals surface area contributed by atoms with Gasteiger partial charge in [-0.15, -0.1) is 0 Å². The van der Waals surface area contributed by atoms with E-state index in [0.717, 1.165) is 66.0 Å². The normalized spacial score (nSPS) is 15.8. The van der Waals surface area contributed by atoms with Crippen molar-refractivity contribution in [3.63, 3.8) is 0 Å². The highest BCUT2D eigenvalue weighted by molar-refractivity contribution is 5.63. The molecule has 0 amide bonds. The summed E-state index contributed by atoms with van der Waals surface area (Å²) in [6.07, 6.45) is 6.84. The molecular formula is C21H26N6O. The van der Waals surface area contributed by atoms with Gasteiger partial charge < -0.3 is 4.52 Å². The van der Waals surface area contributed by atoms with Gasteiger partial charge in [0.1, 0.15) is 17.9 Å². The van der Waals surface area contributed by atoms with Crippen molar-refractivity contribution in [2.75, 3.05) is 13.1 Å². The molecule has 1 saturated heterocycles. The highest BCUT2D eigenvalue weighted by Gasteiger charge is 2.21. The maximum absolute atomic E-state index is 5.28. The summed E-state index contributed by atoms with van der Waals surface area (Å²) in [5.41, 5.74) is 4.95. The van der Waals surface area contributed by atoms with E-state index < -0.39 is 0 Å². The molecule has 0 N–H and O–H groups in total. The van der Waals surface area contributed by atoms with E-state index in [4.69, 9.17) is 4.52 Å². The van der Waals surface area contributed by atoms with Crippen molar-refractivity contribution in [3.8, 4) is 11.3 Å². The van der Waals surface area contributed by atoms with Crippen molar-refractivity contribution >= 4 is 0 Å². The lowest BCUT2D eigenvalue weighted by Crippen LogP contribution is -2.34.